The Morgan fingerprint density at radius 1 is 1.12 bits per heavy atom. The number of nitrogens with one attached hydrogen (secondary N) is 1. The van der Waals surface area contributed by atoms with Crippen LogP contribution >= 0.6 is 0 Å². The minimum atomic E-state index is -0.189. The summed E-state index contributed by atoms with van der Waals surface area (Å²) in [5, 5.41) is 2.84. The molecule has 0 radical (unpaired) electrons. The molecular formula is C20H24N2O3. The average molecular weight is 340 g/mol. The first kappa shape index (κ1) is 18.4. The first-order valence-corrected chi connectivity index (χ1v) is 8.10. The zero-order chi connectivity index (χ0) is 18.2. The van der Waals surface area contributed by atoms with E-state index in [4.69, 9.17) is 9.47 Å². The molecule has 0 unspecified atom stereocenters. The normalized spacial score (nSPS) is 10.6. The summed E-state index contributed by atoms with van der Waals surface area (Å²) in [7, 11) is 5.55. The van der Waals surface area contributed by atoms with Gasteiger partial charge in [0, 0.05) is 31.5 Å². The highest BCUT2D eigenvalue weighted by Crippen LogP contribution is 2.28. The Kier molecular flexibility index (Phi) is 6.46. The molecular weight excluding hydrogens is 316 g/mol. The van der Waals surface area contributed by atoms with E-state index in [-0.39, 0.29) is 5.91 Å². The van der Waals surface area contributed by atoms with Crippen molar-refractivity contribution in [2.75, 3.05) is 38.0 Å². The number of nitrogens with zero attached hydrogens (tertiary/aromatic N) is 1. The van der Waals surface area contributed by atoms with Crippen molar-refractivity contribution in [3.05, 3.63) is 54.1 Å². The van der Waals surface area contributed by atoms with Gasteiger partial charge in [0.15, 0.2) is 11.5 Å². The molecule has 5 heteroatoms. The van der Waals surface area contributed by atoms with E-state index >= 15 is 0 Å². The van der Waals surface area contributed by atoms with Crippen LogP contribution in [0.4, 0.5) is 11.4 Å². The van der Waals surface area contributed by atoms with Crippen molar-refractivity contribution in [2.45, 2.75) is 6.92 Å². The Labute approximate surface area is 148 Å². The van der Waals surface area contributed by atoms with Crippen molar-refractivity contribution in [1.82, 2.24) is 0 Å². The van der Waals surface area contributed by atoms with Crippen LogP contribution in [0.3, 0.4) is 0 Å². The molecule has 0 heterocycles. The van der Waals surface area contributed by atoms with E-state index in [0.717, 1.165) is 16.9 Å². The highest BCUT2D eigenvalue weighted by molar-refractivity contribution is 6.02. The molecule has 0 saturated heterocycles. The summed E-state index contributed by atoms with van der Waals surface area (Å²) in [6, 6.07) is 13.2. The summed E-state index contributed by atoms with van der Waals surface area (Å²) in [5.41, 5.74) is 2.70. The Morgan fingerprint density at radius 2 is 1.84 bits per heavy atom. The minimum Gasteiger partial charge on any atom is -0.493 e. The fraction of sp³-hybridized carbons (Fsp3) is 0.250. The fourth-order valence-electron chi connectivity index (χ4n) is 2.26. The molecule has 0 aliphatic rings. The van der Waals surface area contributed by atoms with E-state index in [9.17, 15) is 4.79 Å². The molecule has 0 aliphatic carbocycles. The molecule has 0 atom stereocenters. The molecule has 1 N–H and O–H groups in total. The number of benzene rings is 2. The van der Waals surface area contributed by atoms with Crippen LogP contribution in [0.1, 0.15) is 12.5 Å². The number of ether oxygens (including phenoxy) is 2. The minimum absolute atomic E-state index is 0.189. The Balaban J connectivity index is 2.03. The van der Waals surface area contributed by atoms with E-state index in [1.165, 1.54) is 6.08 Å². The molecule has 0 fully saturated rings. The lowest BCUT2D eigenvalue weighted by atomic mass is 10.2. The second-order valence-corrected chi connectivity index (χ2v) is 5.61. The second kappa shape index (κ2) is 8.78. The number of rotatable bonds is 7. The number of hydrogen-bond acceptors (Lipinski definition) is 4. The van der Waals surface area contributed by atoms with Crippen molar-refractivity contribution in [1.29, 1.82) is 0 Å². The van der Waals surface area contributed by atoms with Gasteiger partial charge >= 0.3 is 0 Å². The van der Waals surface area contributed by atoms with Crippen molar-refractivity contribution in [3.8, 4) is 11.5 Å². The second-order valence-electron chi connectivity index (χ2n) is 5.61. The largest absolute Gasteiger partial charge is 0.493 e. The number of anilines is 2. The van der Waals surface area contributed by atoms with E-state index in [1.807, 2.05) is 68.4 Å². The Hall–Kier alpha value is -2.95. The third-order valence-corrected chi connectivity index (χ3v) is 3.57. The number of amides is 1. The van der Waals surface area contributed by atoms with Crippen LogP contribution < -0.4 is 19.7 Å². The van der Waals surface area contributed by atoms with Gasteiger partial charge in [-0.1, -0.05) is 6.07 Å². The molecule has 2 rings (SSSR count). The Morgan fingerprint density at radius 3 is 2.44 bits per heavy atom. The molecule has 2 aromatic rings. The molecule has 0 spiro atoms. The summed E-state index contributed by atoms with van der Waals surface area (Å²) in [6.45, 7) is 2.46. The van der Waals surface area contributed by atoms with Gasteiger partial charge in [-0.25, -0.2) is 0 Å². The molecule has 0 aliphatic heterocycles. The summed E-state index contributed by atoms with van der Waals surface area (Å²) < 4.78 is 10.8. The highest BCUT2D eigenvalue weighted by Gasteiger charge is 2.04. The number of carbonyl (C=O) groups excluding carboxylic acids is 1. The lowest BCUT2D eigenvalue weighted by molar-refractivity contribution is -0.111. The van der Waals surface area contributed by atoms with Gasteiger partial charge in [0.1, 0.15) is 0 Å². The van der Waals surface area contributed by atoms with Gasteiger partial charge in [-0.15, -0.1) is 0 Å². The third kappa shape index (κ3) is 5.28. The molecule has 25 heavy (non-hydrogen) atoms. The predicted octanol–water partition coefficient (Wildman–Crippen LogP) is 3.81. The summed E-state index contributed by atoms with van der Waals surface area (Å²) in [6.07, 6.45) is 3.24. The van der Waals surface area contributed by atoms with Gasteiger partial charge < -0.3 is 19.7 Å². The maximum absolute atomic E-state index is 12.1. The summed E-state index contributed by atoms with van der Waals surface area (Å²) >= 11 is 0. The van der Waals surface area contributed by atoms with Crippen molar-refractivity contribution >= 4 is 23.4 Å². The van der Waals surface area contributed by atoms with Crippen molar-refractivity contribution < 1.29 is 14.3 Å². The standard InChI is InChI=1S/C20H24N2O3/c1-5-25-19-14-15(6-12-18(19)24-4)7-13-20(23)21-16-8-10-17(11-9-16)22(2)3/h6-14H,5H2,1-4H3,(H,21,23)/b13-7+. The molecule has 0 bridgehead atoms. The SMILES string of the molecule is CCOc1cc(/C=C/C(=O)Nc2ccc(N(C)C)cc2)ccc1OC. The Bertz CT molecular complexity index is 737. The fourth-order valence-corrected chi connectivity index (χ4v) is 2.26. The van der Waals surface area contributed by atoms with Gasteiger partial charge in [0.25, 0.3) is 0 Å². The van der Waals surface area contributed by atoms with E-state index in [2.05, 4.69) is 5.32 Å². The van der Waals surface area contributed by atoms with Gasteiger partial charge in [-0.3, -0.25) is 4.79 Å². The molecule has 0 aromatic heterocycles. The van der Waals surface area contributed by atoms with E-state index in [1.54, 1.807) is 13.2 Å². The molecule has 5 nitrogen and oxygen atoms in total. The van der Waals surface area contributed by atoms with Crippen molar-refractivity contribution in [2.24, 2.45) is 0 Å². The van der Waals surface area contributed by atoms with Gasteiger partial charge in [0.2, 0.25) is 5.91 Å². The smallest absolute Gasteiger partial charge is 0.248 e. The topological polar surface area (TPSA) is 50.8 Å². The zero-order valence-corrected chi connectivity index (χ0v) is 15.1. The first-order chi connectivity index (χ1) is 12.0. The lowest BCUT2D eigenvalue weighted by Gasteiger charge is -2.12. The number of carbonyl (C=O) groups is 1. The maximum Gasteiger partial charge on any atom is 0.248 e. The van der Waals surface area contributed by atoms with Crippen LogP contribution in [0.25, 0.3) is 6.08 Å². The number of methoxy groups -OCH3 is 1. The molecule has 0 saturated carbocycles. The summed E-state index contributed by atoms with van der Waals surface area (Å²) in [5.74, 6) is 1.14. The lowest BCUT2D eigenvalue weighted by Crippen LogP contribution is -2.10. The van der Waals surface area contributed by atoms with Crippen LogP contribution in [0.2, 0.25) is 0 Å². The van der Waals surface area contributed by atoms with E-state index in [0.29, 0.717) is 18.1 Å². The van der Waals surface area contributed by atoms with Crippen LogP contribution in [0.15, 0.2) is 48.5 Å². The number of hydrogen-bond donors (Lipinski definition) is 1. The summed E-state index contributed by atoms with van der Waals surface area (Å²) in [4.78, 5) is 14.1. The molecule has 1 amide bonds. The van der Waals surface area contributed by atoms with Crippen LogP contribution in [0.5, 0.6) is 11.5 Å². The predicted molar refractivity (Wildman–Crippen MR) is 103 cm³/mol. The van der Waals surface area contributed by atoms with Crippen LogP contribution in [0, 0.1) is 0 Å². The van der Waals surface area contributed by atoms with Gasteiger partial charge in [0.05, 0.1) is 13.7 Å². The molecule has 2 aromatic carbocycles. The zero-order valence-electron chi connectivity index (χ0n) is 15.1. The maximum atomic E-state index is 12.1. The quantitative estimate of drug-likeness (QED) is 0.779. The average Bonchev–Trinajstić information content (AvgIpc) is 2.61. The third-order valence-electron chi connectivity index (χ3n) is 3.57. The van der Waals surface area contributed by atoms with Crippen LogP contribution in [-0.2, 0) is 4.79 Å². The van der Waals surface area contributed by atoms with Crippen molar-refractivity contribution in [3.63, 3.8) is 0 Å². The molecule has 132 valence electrons. The first-order valence-electron chi connectivity index (χ1n) is 8.10. The van der Waals surface area contributed by atoms with Crippen LogP contribution in [-0.4, -0.2) is 33.7 Å². The van der Waals surface area contributed by atoms with Gasteiger partial charge in [-0.05, 0) is 55.0 Å². The van der Waals surface area contributed by atoms with Gasteiger partial charge in [-0.2, -0.15) is 0 Å². The highest BCUT2D eigenvalue weighted by atomic mass is 16.5. The monoisotopic (exact) mass is 340 g/mol. The van der Waals surface area contributed by atoms with E-state index < -0.39 is 0 Å².